The Hall–Kier alpha value is -1.54. The van der Waals surface area contributed by atoms with Gasteiger partial charge in [0.05, 0.1) is 12.1 Å². The molecule has 4 nitrogen and oxygen atoms in total. The van der Waals surface area contributed by atoms with Gasteiger partial charge in [0.25, 0.3) is 0 Å². The van der Waals surface area contributed by atoms with Crippen LogP contribution in [-0.2, 0) is 4.79 Å². The molecule has 0 fully saturated rings. The Bertz CT molecular complexity index is 468. The molecule has 0 saturated heterocycles. The summed E-state index contributed by atoms with van der Waals surface area (Å²) in [6.45, 7) is 5.57. The fraction of sp³-hybridized carbons (Fsp3) is 0.385. The van der Waals surface area contributed by atoms with Crippen LogP contribution in [-0.4, -0.2) is 25.5 Å². The summed E-state index contributed by atoms with van der Waals surface area (Å²) < 4.78 is 0.747. The number of anilines is 1. The number of hydrogen-bond donors (Lipinski definition) is 1. The average Bonchev–Trinajstić information content (AvgIpc) is 2.36. The van der Waals surface area contributed by atoms with Gasteiger partial charge in [-0.1, -0.05) is 0 Å². The third kappa shape index (κ3) is 3.74. The Morgan fingerprint density at radius 2 is 2.22 bits per heavy atom. The molecule has 0 heterocycles. The van der Waals surface area contributed by atoms with Gasteiger partial charge in [-0.15, -0.1) is 0 Å². The first kappa shape index (κ1) is 14.5. The van der Waals surface area contributed by atoms with Crippen molar-refractivity contribution in [2.45, 2.75) is 13.8 Å². The molecule has 0 aliphatic rings. The SMILES string of the molecule is CCNC(=O)CN(CC)c1ccc(C#N)c(Br)c1. The van der Waals surface area contributed by atoms with Crippen molar-refractivity contribution < 1.29 is 4.79 Å². The van der Waals surface area contributed by atoms with Gasteiger partial charge < -0.3 is 10.2 Å². The molecule has 0 saturated carbocycles. The number of nitriles is 1. The van der Waals surface area contributed by atoms with Gasteiger partial charge in [-0.25, -0.2) is 0 Å². The van der Waals surface area contributed by atoms with E-state index < -0.39 is 0 Å². The van der Waals surface area contributed by atoms with Crippen molar-refractivity contribution in [2.75, 3.05) is 24.5 Å². The molecule has 0 bridgehead atoms. The summed E-state index contributed by atoms with van der Waals surface area (Å²) in [5.41, 5.74) is 1.52. The molecule has 0 unspecified atom stereocenters. The minimum absolute atomic E-state index is 0.000155. The largest absolute Gasteiger partial charge is 0.362 e. The molecule has 0 aliphatic carbocycles. The van der Waals surface area contributed by atoms with Crippen molar-refractivity contribution in [3.8, 4) is 6.07 Å². The lowest BCUT2D eigenvalue weighted by atomic mass is 10.2. The number of carbonyl (C=O) groups is 1. The predicted octanol–water partition coefficient (Wildman–Crippen LogP) is 2.28. The van der Waals surface area contributed by atoms with Gasteiger partial charge in [-0.2, -0.15) is 5.26 Å². The van der Waals surface area contributed by atoms with E-state index in [1.807, 2.05) is 30.9 Å². The van der Waals surface area contributed by atoms with Crippen LogP contribution < -0.4 is 10.2 Å². The second kappa shape index (κ2) is 7.02. The van der Waals surface area contributed by atoms with Gasteiger partial charge in [-0.05, 0) is 48.0 Å². The van der Waals surface area contributed by atoms with Crippen LogP contribution in [0, 0.1) is 11.3 Å². The van der Waals surface area contributed by atoms with Crippen LogP contribution in [0.5, 0.6) is 0 Å². The molecule has 1 aromatic carbocycles. The zero-order chi connectivity index (χ0) is 13.5. The Labute approximate surface area is 116 Å². The van der Waals surface area contributed by atoms with Crippen LogP contribution in [0.15, 0.2) is 22.7 Å². The van der Waals surface area contributed by atoms with Crippen LogP contribution in [0.2, 0.25) is 0 Å². The van der Waals surface area contributed by atoms with E-state index in [0.29, 0.717) is 18.7 Å². The molecular formula is C13H16BrN3O. The number of benzene rings is 1. The van der Waals surface area contributed by atoms with Gasteiger partial charge in [-0.3, -0.25) is 4.79 Å². The van der Waals surface area contributed by atoms with Crippen LogP contribution >= 0.6 is 15.9 Å². The minimum Gasteiger partial charge on any atom is -0.362 e. The quantitative estimate of drug-likeness (QED) is 0.908. The number of halogens is 1. The van der Waals surface area contributed by atoms with Crippen molar-refractivity contribution in [3.05, 3.63) is 28.2 Å². The Balaban J connectivity index is 2.86. The molecule has 1 rings (SSSR count). The van der Waals surface area contributed by atoms with Gasteiger partial charge >= 0.3 is 0 Å². The average molecular weight is 310 g/mol. The highest BCUT2D eigenvalue weighted by Crippen LogP contribution is 2.23. The second-order valence-electron chi connectivity index (χ2n) is 3.74. The maximum atomic E-state index is 11.6. The van der Waals surface area contributed by atoms with Crippen LogP contribution in [0.4, 0.5) is 5.69 Å². The first-order valence-corrected chi connectivity index (χ1v) is 6.63. The van der Waals surface area contributed by atoms with Crippen LogP contribution in [0.25, 0.3) is 0 Å². The molecule has 96 valence electrons. The number of likely N-dealkylation sites (N-methyl/N-ethyl adjacent to an activating group) is 2. The monoisotopic (exact) mass is 309 g/mol. The van der Waals surface area contributed by atoms with E-state index >= 15 is 0 Å². The van der Waals surface area contributed by atoms with Gasteiger partial charge in [0.2, 0.25) is 5.91 Å². The molecule has 5 heteroatoms. The Kier molecular flexibility index (Phi) is 5.66. The Morgan fingerprint density at radius 3 is 2.72 bits per heavy atom. The fourth-order valence-corrected chi connectivity index (χ4v) is 2.06. The lowest BCUT2D eigenvalue weighted by molar-refractivity contribution is -0.119. The van der Waals surface area contributed by atoms with Crippen molar-refractivity contribution in [3.63, 3.8) is 0 Å². The molecule has 1 amide bonds. The van der Waals surface area contributed by atoms with Crippen molar-refractivity contribution in [1.29, 1.82) is 5.26 Å². The van der Waals surface area contributed by atoms with Crippen molar-refractivity contribution in [1.82, 2.24) is 5.32 Å². The predicted molar refractivity (Wildman–Crippen MR) is 75.4 cm³/mol. The number of amides is 1. The first-order valence-electron chi connectivity index (χ1n) is 5.83. The fourth-order valence-electron chi connectivity index (χ4n) is 1.60. The lowest BCUT2D eigenvalue weighted by Gasteiger charge is -2.22. The maximum Gasteiger partial charge on any atom is 0.239 e. The van der Waals surface area contributed by atoms with Crippen molar-refractivity contribution in [2.24, 2.45) is 0 Å². The lowest BCUT2D eigenvalue weighted by Crippen LogP contribution is -2.37. The summed E-state index contributed by atoms with van der Waals surface area (Å²) in [5.74, 6) is -0.000155. The van der Waals surface area contributed by atoms with E-state index in [-0.39, 0.29) is 5.91 Å². The van der Waals surface area contributed by atoms with E-state index in [2.05, 4.69) is 27.3 Å². The number of hydrogen-bond acceptors (Lipinski definition) is 3. The molecule has 0 atom stereocenters. The smallest absolute Gasteiger partial charge is 0.239 e. The maximum absolute atomic E-state index is 11.6. The zero-order valence-corrected chi connectivity index (χ0v) is 12.1. The number of rotatable bonds is 5. The summed E-state index contributed by atoms with van der Waals surface area (Å²) >= 11 is 3.35. The number of nitrogens with zero attached hydrogens (tertiary/aromatic N) is 2. The highest BCUT2D eigenvalue weighted by atomic mass is 79.9. The number of nitrogens with one attached hydrogen (secondary N) is 1. The van der Waals surface area contributed by atoms with E-state index in [1.165, 1.54) is 0 Å². The van der Waals surface area contributed by atoms with E-state index in [0.717, 1.165) is 16.7 Å². The zero-order valence-electron chi connectivity index (χ0n) is 10.5. The normalized spacial score (nSPS) is 9.67. The molecule has 1 aromatic rings. The van der Waals surface area contributed by atoms with Gasteiger partial charge in [0.1, 0.15) is 6.07 Å². The van der Waals surface area contributed by atoms with Crippen LogP contribution in [0.1, 0.15) is 19.4 Å². The molecule has 0 aromatic heterocycles. The second-order valence-corrected chi connectivity index (χ2v) is 4.60. The Morgan fingerprint density at radius 1 is 1.50 bits per heavy atom. The van der Waals surface area contributed by atoms with Crippen molar-refractivity contribution >= 4 is 27.5 Å². The molecule has 1 N–H and O–H groups in total. The highest BCUT2D eigenvalue weighted by molar-refractivity contribution is 9.10. The van der Waals surface area contributed by atoms with Gasteiger partial charge in [0, 0.05) is 23.2 Å². The standard InChI is InChI=1S/C13H16BrN3O/c1-3-16-13(18)9-17(4-2)11-6-5-10(8-15)12(14)7-11/h5-7H,3-4,9H2,1-2H3,(H,16,18). The third-order valence-corrected chi connectivity index (χ3v) is 3.18. The molecule has 0 spiro atoms. The topological polar surface area (TPSA) is 56.1 Å². The summed E-state index contributed by atoms with van der Waals surface area (Å²) in [4.78, 5) is 13.5. The minimum atomic E-state index is -0.000155. The molecule has 0 radical (unpaired) electrons. The van der Waals surface area contributed by atoms with E-state index in [9.17, 15) is 4.79 Å². The first-order chi connectivity index (χ1) is 8.62. The summed E-state index contributed by atoms with van der Waals surface area (Å²) in [7, 11) is 0. The summed E-state index contributed by atoms with van der Waals surface area (Å²) in [5, 5.41) is 11.6. The van der Waals surface area contributed by atoms with E-state index in [1.54, 1.807) is 6.07 Å². The molecule has 18 heavy (non-hydrogen) atoms. The van der Waals surface area contributed by atoms with E-state index in [4.69, 9.17) is 5.26 Å². The molecule has 0 aliphatic heterocycles. The van der Waals surface area contributed by atoms with Gasteiger partial charge in [0.15, 0.2) is 0 Å². The van der Waals surface area contributed by atoms with Crippen LogP contribution in [0.3, 0.4) is 0 Å². The highest BCUT2D eigenvalue weighted by Gasteiger charge is 2.10. The summed E-state index contributed by atoms with van der Waals surface area (Å²) in [6.07, 6.45) is 0. The molecular weight excluding hydrogens is 294 g/mol. The number of carbonyl (C=O) groups excluding carboxylic acids is 1. The summed E-state index contributed by atoms with van der Waals surface area (Å²) in [6, 6.07) is 7.56. The third-order valence-electron chi connectivity index (χ3n) is 2.53.